The summed E-state index contributed by atoms with van der Waals surface area (Å²) in [7, 11) is -4.01. The van der Waals surface area contributed by atoms with Crippen molar-refractivity contribution in [1.29, 1.82) is 0 Å². The van der Waals surface area contributed by atoms with Gasteiger partial charge in [0.1, 0.15) is 4.90 Å². The van der Waals surface area contributed by atoms with Crippen molar-refractivity contribution in [2.75, 3.05) is 5.32 Å². The van der Waals surface area contributed by atoms with Crippen molar-refractivity contribution in [3.8, 4) is 11.1 Å². The van der Waals surface area contributed by atoms with Crippen LogP contribution in [0.5, 0.6) is 0 Å². The Hall–Kier alpha value is -2.67. The van der Waals surface area contributed by atoms with Gasteiger partial charge in [-0.15, -0.1) is 0 Å². The molecule has 0 unspecified atom stereocenters. The van der Waals surface area contributed by atoms with E-state index in [0.29, 0.717) is 5.69 Å². The minimum atomic E-state index is -4.01. The maximum Gasteiger partial charge on any atom is 0.255 e. The largest absolute Gasteiger partial charge is 0.322 e. The van der Waals surface area contributed by atoms with Crippen molar-refractivity contribution in [2.24, 2.45) is 5.14 Å². The molecule has 0 aromatic heterocycles. The Balaban J connectivity index is 1.80. The molecule has 0 aliphatic heterocycles. The number of nitrogens with one attached hydrogen (secondary N) is 1. The fourth-order valence-corrected chi connectivity index (χ4v) is 3.51. The molecule has 0 aliphatic carbocycles. The molecule has 3 aromatic carbocycles. The van der Waals surface area contributed by atoms with Crippen LogP contribution < -0.4 is 10.5 Å². The predicted molar refractivity (Wildman–Crippen MR) is 103 cm³/mol. The van der Waals surface area contributed by atoms with Crippen molar-refractivity contribution in [1.82, 2.24) is 0 Å². The number of rotatable bonds is 4. The summed E-state index contributed by atoms with van der Waals surface area (Å²) in [6.07, 6.45) is 0. The third kappa shape index (κ3) is 4.11. The highest BCUT2D eigenvalue weighted by Crippen LogP contribution is 2.23. The Morgan fingerprint density at radius 3 is 2.12 bits per heavy atom. The lowest BCUT2D eigenvalue weighted by molar-refractivity contribution is 0.102. The van der Waals surface area contributed by atoms with Crippen molar-refractivity contribution in [3.63, 3.8) is 0 Å². The zero-order valence-corrected chi connectivity index (χ0v) is 15.1. The second-order valence-electron chi connectivity index (χ2n) is 5.59. The number of anilines is 1. The van der Waals surface area contributed by atoms with Gasteiger partial charge < -0.3 is 5.32 Å². The first-order chi connectivity index (χ1) is 12.3. The van der Waals surface area contributed by atoms with Crippen LogP contribution in [-0.4, -0.2) is 14.3 Å². The molecule has 3 aromatic rings. The summed E-state index contributed by atoms with van der Waals surface area (Å²) in [6, 6.07) is 21.1. The van der Waals surface area contributed by atoms with E-state index in [2.05, 4.69) is 5.32 Å². The first kappa shape index (κ1) is 18.1. The van der Waals surface area contributed by atoms with Gasteiger partial charge in [-0.3, -0.25) is 4.79 Å². The number of hydrogen-bond acceptors (Lipinski definition) is 3. The number of amides is 1. The molecule has 0 heterocycles. The minimum absolute atomic E-state index is 0.0312. The van der Waals surface area contributed by atoms with Crippen molar-refractivity contribution >= 4 is 33.2 Å². The fraction of sp³-hybridized carbons (Fsp3) is 0. The third-order valence-electron chi connectivity index (χ3n) is 3.75. The van der Waals surface area contributed by atoms with Gasteiger partial charge >= 0.3 is 0 Å². The van der Waals surface area contributed by atoms with E-state index in [1.807, 2.05) is 42.5 Å². The van der Waals surface area contributed by atoms with Crippen molar-refractivity contribution in [2.45, 2.75) is 4.90 Å². The maximum absolute atomic E-state index is 12.4. The lowest BCUT2D eigenvalue weighted by atomic mass is 10.1. The molecule has 3 N–H and O–H groups in total. The number of benzene rings is 3. The Morgan fingerprint density at radius 2 is 1.50 bits per heavy atom. The van der Waals surface area contributed by atoms with Crippen LogP contribution in [0.25, 0.3) is 11.1 Å². The van der Waals surface area contributed by atoms with Crippen molar-refractivity contribution < 1.29 is 13.2 Å². The van der Waals surface area contributed by atoms with Gasteiger partial charge in [0, 0.05) is 11.3 Å². The van der Waals surface area contributed by atoms with Gasteiger partial charge in [-0.1, -0.05) is 54.1 Å². The summed E-state index contributed by atoms with van der Waals surface area (Å²) in [5, 5.41) is 7.79. The monoisotopic (exact) mass is 386 g/mol. The van der Waals surface area contributed by atoms with E-state index in [1.54, 1.807) is 12.1 Å². The number of hydrogen-bond donors (Lipinski definition) is 2. The molecule has 0 saturated heterocycles. The molecule has 5 nitrogen and oxygen atoms in total. The number of sulfonamides is 1. The molecular formula is C19H15ClN2O3S. The number of primary sulfonamides is 1. The fourth-order valence-electron chi connectivity index (χ4n) is 2.44. The van der Waals surface area contributed by atoms with Crippen LogP contribution in [0.4, 0.5) is 5.69 Å². The molecule has 3 rings (SSSR count). The molecule has 0 fully saturated rings. The molecule has 0 bridgehead atoms. The molecule has 0 aliphatic rings. The molecule has 0 radical (unpaired) electrons. The van der Waals surface area contributed by atoms with Gasteiger partial charge in [0.15, 0.2) is 0 Å². The summed E-state index contributed by atoms with van der Waals surface area (Å²) >= 11 is 5.83. The van der Waals surface area contributed by atoms with Gasteiger partial charge in [0.25, 0.3) is 5.91 Å². The van der Waals surface area contributed by atoms with Crippen LogP contribution in [0, 0.1) is 0 Å². The van der Waals surface area contributed by atoms with E-state index in [9.17, 15) is 13.2 Å². The molecule has 0 saturated carbocycles. The maximum atomic E-state index is 12.4. The Kier molecular flexibility index (Phi) is 5.08. The zero-order valence-electron chi connectivity index (χ0n) is 13.5. The van der Waals surface area contributed by atoms with E-state index in [1.165, 1.54) is 12.1 Å². The quantitative estimate of drug-likeness (QED) is 0.712. The van der Waals surface area contributed by atoms with Crippen LogP contribution in [-0.2, 0) is 10.0 Å². The summed E-state index contributed by atoms with van der Waals surface area (Å²) in [4.78, 5) is 12.1. The summed E-state index contributed by atoms with van der Waals surface area (Å²) in [6.45, 7) is 0. The molecular weight excluding hydrogens is 372 g/mol. The van der Waals surface area contributed by atoms with Gasteiger partial charge in [0.2, 0.25) is 10.0 Å². The highest BCUT2D eigenvalue weighted by atomic mass is 35.5. The smallest absolute Gasteiger partial charge is 0.255 e. The average Bonchev–Trinajstić information content (AvgIpc) is 2.62. The van der Waals surface area contributed by atoms with Crippen LogP contribution >= 0.6 is 11.6 Å². The van der Waals surface area contributed by atoms with E-state index in [0.717, 1.165) is 17.2 Å². The lowest BCUT2D eigenvalue weighted by Crippen LogP contribution is -2.16. The summed E-state index contributed by atoms with van der Waals surface area (Å²) < 4.78 is 23.0. The molecule has 1 amide bonds. The number of carbonyl (C=O) groups excluding carboxylic acids is 1. The molecule has 7 heteroatoms. The van der Waals surface area contributed by atoms with E-state index in [4.69, 9.17) is 16.7 Å². The number of carbonyl (C=O) groups is 1. The Bertz CT molecular complexity index is 1050. The van der Waals surface area contributed by atoms with Gasteiger partial charge in [-0.25, -0.2) is 13.6 Å². The summed E-state index contributed by atoms with van der Waals surface area (Å²) in [5.74, 6) is -0.459. The SMILES string of the molecule is NS(=O)(=O)c1cc(C(=O)Nc2ccc(-c3ccccc3)cc2)ccc1Cl. The minimum Gasteiger partial charge on any atom is -0.322 e. The van der Waals surface area contributed by atoms with Crippen molar-refractivity contribution in [3.05, 3.63) is 83.4 Å². The highest BCUT2D eigenvalue weighted by Gasteiger charge is 2.16. The van der Waals surface area contributed by atoms with Crippen LogP contribution in [0.2, 0.25) is 5.02 Å². The normalized spacial score (nSPS) is 11.2. The lowest BCUT2D eigenvalue weighted by Gasteiger charge is -2.09. The molecule has 132 valence electrons. The standard InChI is InChI=1S/C19H15ClN2O3S/c20-17-11-8-15(12-18(17)26(21,24)25)19(23)22-16-9-6-14(7-10-16)13-4-2-1-3-5-13/h1-12H,(H,22,23)(H2,21,24,25). The molecule has 26 heavy (non-hydrogen) atoms. The van der Waals surface area contributed by atoms with Gasteiger partial charge in [-0.05, 0) is 41.5 Å². The Morgan fingerprint density at radius 1 is 0.885 bits per heavy atom. The van der Waals surface area contributed by atoms with E-state index in [-0.39, 0.29) is 15.5 Å². The topological polar surface area (TPSA) is 89.3 Å². The highest BCUT2D eigenvalue weighted by molar-refractivity contribution is 7.89. The summed E-state index contributed by atoms with van der Waals surface area (Å²) in [5.41, 5.74) is 2.82. The second kappa shape index (κ2) is 7.29. The number of nitrogens with two attached hydrogens (primary N) is 1. The molecule has 0 spiro atoms. The number of halogens is 1. The van der Waals surface area contributed by atoms with Gasteiger partial charge in [-0.2, -0.15) is 0 Å². The Labute approximate surface area is 156 Å². The first-order valence-corrected chi connectivity index (χ1v) is 9.56. The zero-order chi connectivity index (χ0) is 18.7. The van der Waals surface area contributed by atoms with E-state index >= 15 is 0 Å². The van der Waals surface area contributed by atoms with Gasteiger partial charge in [0.05, 0.1) is 5.02 Å². The van der Waals surface area contributed by atoms with E-state index < -0.39 is 15.9 Å². The second-order valence-corrected chi connectivity index (χ2v) is 7.52. The molecule has 0 atom stereocenters. The predicted octanol–water partition coefficient (Wildman–Crippen LogP) is 3.91. The van der Waals surface area contributed by atoms with Crippen LogP contribution in [0.3, 0.4) is 0 Å². The van der Waals surface area contributed by atoms with Crippen LogP contribution in [0.15, 0.2) is 77.7 Å². The first-order valence-electron chi connectivity index (χ1n) is 7.64. The van der Waals surface area contributed by atoms with Crippen LogP contribution in [0.1, 0.15) is 10.4 Å². The average molecular weight is 387 g/mol. The third-order valence-corrected chi connectivity index (χ3v) is 5.14.